The van der Waals surface area contributed by atoms with E-state index in [9.17, 15) is 4.79 Å². The topological polar surface area (TPSA) is 74.6 Å². The van der Waals surface area contributed by atoms with Gasteiger partial charge in [0.25, 0.3) is 0 Å². The van der Waals surface area contributed by atoms with E-state index in [2.05, 4.69) is 10.3 Å². The number of rotatable bonds is 6. The van der Waals surface area contributed by atoms with Gasteiger partial charge in [-0.3, -0.25) is 4.79 Å². The molecule has 7 nitrogen and oxygen atoms in total. The molecule has 0 fully saturated rings. The number of nitrogens with one attached hydrogen (secondary N) is 1. The lowest BCUT2D eigenvalue weighted by atomic mass is 10.2. The number of methoxy groups -OCH3 is 1. The zero-order valence-corrected chi connectivity index (χ0v) is 16.9. The van der Waals surface area contributed by atoms with Gasteiger partial charge in [-0.15, -0.1) is 0 Å². The molecule has 1 amide bonds. The second-order valence-electron chi connectivity index (χ2n) is 6.77. The van der Waals surface area contributed by atoms with Crippen LogP contribution in [0.4, 0.5) is 0 Å². The van der Waals surface area contributed by atoms with Crippen LogP contribution in [0.15, 0.2) is 36.4 Å². The summed E-state index contributed by atoms with van der Waals surface area (Å²) >= 11 is 6.33. The molecule has 152 valence electrons. The number of aromatic nitrogens is 2. The van der Waals surface area contributed by atoms with Crippen LogP contribution in [-0.2, 0) is 29.2 Å². The minimum absolute atomic E-state index is 0.131. The van der Waals surface area contributed by atoms with Gasteiger partial charge < -0.3 is 24.1 Å². The molecule has 0 aliphatic carbocycles. The predicted molar refractivity (Wildman–Crippen MR) is 109 cm³/mol. The number of hydrogen-bond donors (Lipinski definition) is 1. The third-order valence-electron chi connectivity index (χ3n) is 4.66. The van der Waals surface area contributed by atoms with Gasteiger partial charge >= 0.3 is 0 Å². The zero-order chi connectivity index (χ0) is 20.2. The maximum Gasteiger partial charge on any atom is 0.240 e. The second kappa shape index (κ2) is 8.71. The molecular formula is C21H22ClN3O4. The molecule has 3 aromatic rings. The van der Waals surface area contributed by atoms with Crippen molar-refractivity contribution in [3.63, 3.8) is 0 Å². The first kappa shape index (κ1) is 19.5. The smallest absolute Gasteiger partial charge is 0.240 e. The van der Waals surface area contributed by atoms with E-state index in [1.54, 1.807) is 13.2 Å². The van der Waals surface area contributed by atoms with E-state index in [0.29, 0.717) is 48.7 Å². The van der Waals surface area contributed by atoms with Crippen molar-refractivity contribution in [1.29, 1.82) is 0 Å². The molecule has 4 rings (SSSR count). The number of ether oxygens (including phenoxy) is 3. The Balaban J connectivity index is 1.47. The Morgan fingerprint density at radius 3 is 2.97 bits per heavy atom. The number of carbonyl (C=O) groups is 1. The van der Waals surface area contributed by atoms with Gasteiger partial charge in [0.1, 0.15) is 19.0 Å². The summed E-state index contributed by atoms with van der Waals surface area (Å²) in [5.41, 5.74) is 2.58. The molecule has 1 N–H and O–H groups in total. The number of benzene rings is 2. The number of amides is 1. The molecule has 1 aliphatic rings. The van der Waals surface area contributed by atoms with E-state index >= 15 is 0 Å². The van der Waals surface area contributed by atoms with E-state index in [0.717, 1.165) is 23.0 Å². The predicted octanol–water partition coefficient (Wildman–Crippen LogP) is 3.31. The van der Waals surface area contributed by atoms with Gasteiger partial charge in [-0.25, -0.2) is 4.98 Å². The highest BCUT2D eigenvalue weighted by Crippen LogP contribution is 2.37. The Morgan fingerprint density at radius 2 is 2.10 bits per heavy atom. The molecule has 1 aliphatic heterocycles. The molecule has 0 radical (unpaired) electrons. The van der Waals surface area contributed by atoms with E-state index in [-0.39, 0.29) is 12.5 Å². The number of para-hydroxylation sites is 2. The number of hydrogen-bond acceptors (Lipinski definition) is 5. The zero-order valence-electron chi connectivity index (χ0n) is 16.1. The summed E-state index contributed by atoms with van der Waals surface area (Å²) in [6.07, 6.45) is 0.805. The van der Waals surface area contributed by atoms with Crippen LogP contribution in [0.3, 0.4) is 0 Å². The summed E-state index contributed by atoms with van der Waals surface area (Å²) in [5.74, 6) is 1.76. The maximum atomic E-state index is 12.6. The molecule has 1 aromatic heterocycles. The van der Waals surface area contributed by atoms with Gasteiger partial charge in [-0.2, -0.15) is 0 Å². The fourth-order valence-electron chi connectivity index (χ4n) is 3.33. The van der Waals surface area contributed by atoms with Crippen molar-refractivity contribution in [3.05, 3.63) is 52.8 Å². The average molecular weight is 416 g/mol. The number of fused-ring (bicyclic) bond motifs is 2. The van der Waals surface area contributed by atoms with Crippen LogP contribution >= 0.6 is 11.6 Å². The van der Waals surface area contributed by atoms with Gasteiger partial charge in [-0.1, -0.05) is 23.7 Å². The monoisotopic (exact) mass is 415 g/mol. The summed E-state index contributed by atoms with van der Waals surface area (Å²) in [7, 11) is 1.61. The van der Waals surface area contributed by atoms with Crippen molar-refractivity contribution in [1.82, 2.24) is 14.9 Å². The number of imidazole rings is 1. The second-order valence-corrected chi connectivity index (χ2v) is 7.18. The Labute approximate surface area is 173 Å². The van der Waals surface area contributed by atoms with Crippen LogP contribution in [0.25, 0.3) is 11.0 Å². The van der Waals surface area contributed by atoms with E-state index in [1.807, 2.05) is 34.9 Å². The van der Waals surface area contributed by atoms with E-state index in [4.69, 9.17) is 25.8 Å². The summed E-state index contributed by atoms with van der Waals surface area (Å²) in [5, 5.41) is 3.42. The molecule has 29 heavy (non-hydrogen) atoms. The van der Waals surface area contributed by atoms with Crippen molar-refractivity contribution >= 4 is 28.5 Å². The molecule has 2 heterocycles. The Kier molecular flexibility index (Phi) is 5.87. The van der Waals surface area contributed by atoms with Crippen LogP contribution in [-0.4, -0.2) is 35.8 Å². The van der Waals surface area contributed by atoms with Crippen LogP contribution in [0.5, 0.6) is 11.5 Å². The lowest BCUT2D eigenvalue weighted by Crippen LogP contribution is -2.28. The first-order valence-electron chi connectivity index (χ1n) is 9.43. The van der Waals surface area contributed by atoms with Crippen LogP contribution in [0.1, 0.15) is 17.8 Å². The fourth-order valence-corrected chi connectivity index (χ4v) is 3.62. The van der Waals surface area contributed by atoms with E-state index < -0.39 is 0 Å². The lowest BCUT2D eigenvalue weighted by Gasteiger charge is -2.13. The van der Waals surface area contributed by atoms with Crippen LogP contribution in [0, 0.1) is 0 Å². The van der Waals surface area contributed by atoms with Crippen LogP contribution in [0.2, 0.25) is 5.02 Å². The summed E-state index contributed by atoms with van der Waals surface area (Å²) < 4.78 is 18.4. The van der Waals surface area contributed by atoms with Crippen molar-refractivity contribution in [2.45, 2.75) is 26.1 Å². The maximum absolute atomic E-state index is 12.6. The minimum Gasteiger partial charge on any atom is -0.489 e. The van der Waals surface area contributed by atoms with Crippen molar-refractivity contribution < 1.29 is 19.0 Å². The third kappa shape index (κ3) is 4.31. The number of nitrogens with zero attached hydrogens (tertiary/aromatic N) is 2. The normalized spacial score (nSPS) is 13.3. The largest absolute Gasteiger partial charge is 0.489 e. The molecule has 0 saturated heterocycles. The summed E-state index contributed by atoms with van der Waals surface area (Å²) in [6.45, 7) is 1.97. The first-order chi connectivity index (χ1) is 14.2. The molecule has 0 atom stereocenters. The van der Waals surface area contributed by atoms with E-state index in [1.165, 1.54) is 0 Å². The quantitative estimate of drug-likeness (QED) is 0.668. The highest BCUT2D eigenvalue weighted by Gasteiger charge is 2.17. The molecule has 8 heteroatoms. The Morgan fingerprint density at radius 1 is 1.28 bits per heavy atom. The SMILES string of the molecule is COCc1nc2ccccc2n1CC(=O)NCc1cc(Cl)c2c(c1)OCCCO2. The molecule has 0 saturated carbocycles. The van der Waals surface area contributed by atoms with Crippen LogP contribution < -0.4 is 14.8 Å². The summed E-state index contributed by atoms with van der Waals surface area (Å²) in [4.78, 5) is 17.2. The standard InChI is InChI=1S/C21H22ClN3O4/c1-27-13-19-24-16-5-2-3-6-17(16)25(19)12-20(26)23-11-14-9-15(22)21-18(10-14)28-7-4-8-29-21/h2-3,5-6,9-10H,4,7-8,11-13H2,1H3,(H,23,26). The molecular weight excluding hydrogens is 394 g/mol. The highest BCUT2D eigenvalue weighted by molar-refractivity contribution is 6.32. The average Bonchev–Trinajstić information content (AvgIpc) is 2.88. The minimum atomic E-state index is -0.131. The fraction of sp³-hybridized carbons (Fsp3) is 0.333. The number of halogens is 1. The van der Waals surface area contributed by atoms with Gasteiger partial charge in [0, 0.05) is 20.1 Å². The van der Waals surface area contributed by atoms with Crippen molar-refractivity contribution in [3.8, 4) is 11.5 Å². The first-order valence-corrected chi connectivity index (χ1v) is 9.81. The van der Waals surface area contributed by atoms with Gasteiger partial charge in [0.05, 0.1) is 29.3 Å². The van der Waals surface area contributed by atoms with Crippen molar-refractivity contribution in [2.24, 2.45) is 0 Å². The molecule has 0 unspecified atom stereocenters. The molecule has 0 bridgehead atoms. The molecule has 0 spiro atoms. The van der Waals surface area contributed by atoms with Crippen molar-refractivity contribution in [2.75, 3.05) is 20.3 Å². The third-order valence-corrected chi connectivity index (χ3v) is 4.94. The van der Waals surface area contributed by atoms with Gasteiger partial charge in [0.15, 0.2) is 11.5 Å². The number of carbonyl (C=O) groups excluding carboxylic acids is 1. The van der Waals surface area contributed by atoms with Gasteiger partial charge in [-0.05, 0) is 29.8 Å². The Bertz CT molecular complexity index is 1030. The van der Waals surface area contributed by atoms with Gasteiger partial charge in [0.2, 0.25) is 5.91 Å². The highest BCUT2D eigenvalue weighted by atomic mass is 35.5. The lowest BCUT2D eigenvalue weighted by molar-refractivity contribution is -0.121. The Hall–Kier alpha value is -2.77. The molecule has 2 aromatic carbocycles. The summed E-state index contributed by atoms with van der Waals surface area (Å²) in [6, 6.07) is 11.4.